The number of carbonyl (C=O) groups is 2. The van der Waals surface area contributed by atoms with Crippen molar-refractivity contribution < 1.29 is 24.5 Å². The van der Waals surface area contributed by atoms with E-state index in [0.717, 1.165) is 57.8 Å². The Kier molecular flexibility index (Phi) is 80.3. The van der Waals surface area contributed by atoms with Gasteiger partial charge >= 0.3 is 5.97 Å². The van der Waals surface area contributed by atoms with Crippen LogP contribution in [0.1, 0.15) is 470 Å². The van der Waals surface area contributed by atoms with E-state index in [-0.39, 0.29) is 18.5 Å². The third-order valence-corrected chi connectivity index (χ3v) is 19.9. The number of nitrogens with one attached hydrogen (secondary N) is 1. The van der Waals surface area contributed by atoms with E-state index in [9.17, 15) is 19.8 Å². The van der Waals surface area contributed by atoms with Crippen LogP contribution in [-0.2, 0) is 14.3 Å². The minimum atomic E-state index is -0.665. The summed E-state index contributed by atoms with van der Waals surface area (Å²) in [6, 6.07) is -0.542. The van der Waals surface area contributed by atoms with Crippen molar-refractivity contribution in [3.8, 4) is 0 Å². The van der Waals surface area contributed by atoms with E-state index in [1.165, 1.54) is 379 Å². The number of rotatable bonds is 80. The summed E-state index contributed by atoms with van der Waals surface area (Å²) >= 11 is 0. The van der Waals surface area contributed by atoms with E-state index >= 15 is 0 Å². The van der Waals surface area contributed by atoms with Crippen LogP contribution >= 0.6 is 0 Å². The third kappa shape index (κ3) is 78.7. The molecule has 0 aliphatic carbocycles. The van der Waals surface area contributed by atoms with Gasteiger partial charge in [0.25, 0.3) is 0 Å². The van der Waals surface area contributed by atoms with Crippen molar-refractivity contribution in [1.29, 1.82) is 0 Å². The summed E-state index contributed by atoms with van der Waals surface area (Å²) in [6.07, 6.45) is 109. The molecule has 0 saturated heterocycles. The van der Waals surface area contributed by atoms with E-state index in [0.29, 0.717) is 25.9 Å². The maximum atomic E-state index is 12.6. The third-order valence-electron chi connectivity index (χ3n) is 19.9. The molecule has 0 spiro atoms. The lowest BCUT2D eigenvalue weighted by Crippen LogP contribution is -2.45. The number of unbranched alkanes of at least 4 members (excludes halogenated alkanes) is 61. The van der Waals surface area contributed by atoms with Crippen LogP contribution in [-0.4, -0.2) is 47.4 Å². The first kappa shape index (κ1) is 90.8. The zero-order valence-electron chi connectivity index (χ0n) is 63.0. The molecule has 0 bridgehead atoms. The molecule has 0 aromatic carbocycles. The molecular weight excluding hydrogens is 1140 g/mol. The maximum Gasteiger partial charge on any atom is 0.305 e. The Balaban J connectivity index is 3.38. The normalized spacial score (nSPS) is 12.7. The SMILES string of the molecule is CCCCCC/C=C\C/C=C\CCCCCCCC(=O)OCCCCCCCCCCCCC/C=C\C/C=C\CCCCCCCCCCCCCCCCCCCC(=O)NC(CO)C(O)CCCCCCCCCCCCCCCCCCCCCCCCCCC. The van der Waals surface area contributed by atoms with Crippen molar-refractivity contribution in [2.75, 3.05) is 13.2 Å². The molecule has 0 saturated carbocycles. The highest BCUT2D eigenvalue weighted by Crippen LogP contribution is 2.20. The number of allylic oxidation sites excluding steroid dienone is 8. The fourth-order valence-electron chi connectivity index (χ4n) is 13.4. The molecule has 0 aromatic heterocycles. The molecule has 6 heteroatoms. The molecule has 0 aliphatic rings. The zero-order valence-corrected chi connectivity index (χ0v) is 63.0. The van der Waals surface area contributed by atoms with Gasteiger partial charge in [-0.05, 0) is 89.9 Å². The van der Waals surface area contributed by atoms with Crippen LogP contribution in [0.3, 0.4) is 0 Å². The molecule has 0 aliphatic heterocycles. The lowest BCUT2D eigenvalue weighted by atomic mass is 10.0. The summed E-state index contributed by atoms with van der Waals surface area (Å²) in [5, 5.41) is 23.5. The van der Waals surface area contributed by atoms with Crippen molar-refractivity contribution in [3.63, 3.8) is 0 Å². The summed E-state index contributed by atoms with van der Waals surface area (Å²) in [6.45, 7) is 4.98. The fraction of sp³-hybridized carbons (Fsp3) is 0.885. The van der Waals surface area contributed by atoms with Crippen molar-refractivity contribution in [2.24, 2.45) is 0 Å². The summed E-state index contributed by atoms with van der Waals surface area (Å²) < 4.78 is 5.50. The van der Waals surface area contributed by atoms with E-state index in [4.69, 9.17) is 4.74 Å². The van der Waals surface area contributed by atoms with Gasteiger partial charge in [0.05, 0.1) is 25.4 Å². The van der Waals surface area contributed by atoms with Gasteiger partial charge in [-0.15, -0.1) is 0 Å². The van der Waals surface area contributed by atoms with Gasteiger partial charge < -0.3 is 20.3 Å². The van der Waals surface area contributed by atoms with Gasteiger partial charge in [-0.3, -0.25) is 9.59 Å². The van der Waals surface area contributed by atoms with Crippen molar-refractivity contribution in [2.45, 2.75) is 482 Å². The standard InChI is InChI=1S/C87H165NO5/c1-3-5-7-9-11-13-15-17-19-21-22-23-24-36-39-42-45-48-51-55-59-63-67-71-75-79-85(90)84(83-89)88-86(91)80-76-72-68-64-60-56-52-49-46-43-40-37-34-32-30-28-26-25-27-29-31-33-35-38-41-44-47-50-54-58-62-66-70-74-78-82-93-87(92)81-77-73-69-65-61-57-53-20-18-16-14-12-10-8-6-4-2/h14,16,20,27,29,33,35,53,84-85,89-90H,3-13,15,17-19,21-26,28,30-32,34,36-52,54-83H2,1-2H3,(H,88,91)/b16-14-,29-27-,35-33-,53-20-. The number of carbonyl (C=O) groups excluding carboxylic acids is 2. The van der Waals surface area contributed by atoms with Gasteiger partial charge in [-0.25, -0.2) is 0 Å². The molecule has 93 heavy (non-hydrogen) atoms. The average molecular weight is 1310 g/mol. The first-order chi connectivity index (χ1) is 46.0. The topological polar surface area (TPSA) is 95.9 Å². The molecule has 2 unspecified atom stereocenters. The Morgan fingerprint density at radius 3 is 0.828 bits per heavy atom. The number of aliphatic hydroxyl groups excluding tert-OH is 2. The summed E-state index contributed by atoms with van der Waals surface area (Å²) in [7, 11) is 0. The highest BCUT2D eigenvalue weighted by molar-refractivity contribution is 5.76. The van der Waals surface area contributed by atoms with Crippen LogP contribution in [0.5, 0.6) is 0 Å². The molecule has 0 radical (unpaired) electrons. The average Bonchev–Trinajstić information content (AvgIpc) is 3.78. The molecule has 0 aromatic rings. The molecule has 6 nitrogen and oxygen atoms in total. The predicted molar refractivity (Wildman–Crippen MR) is 412 cm³/mol. The van der Waals surface area contributed by atoms with Gasteiger partial charge in [0.2, 0.25) is 5.91 Å². The van der Waals surface area contributed by atoms with Crippen molar-refractivity contribution in [1.82, 2.24) is 5.32 Å². The lowest BCUT2D eigenvalue weighted by molar-refractivity contribution is -0.143. The summed E-state index contributed by atoms with van der Waals surface area (Å²) in [4.78, 5) is 24.7. The van der Waals surface area contributed by atoms with E-state index in [1.807, 2.05) is 0 Å². The zero-order chi connectivity index (χ0) is 67.0. The van der Waals surface area contributed by atoms with Crippen molar-refractivity contribution in [3.05, 3.63) is 48.6 Å². The molecule has 2 atom stereocenters. The lowest BCUT2D eigenvalue weighted by Gasteiger charge is -2.22. The van der Waals surface area contributed by atoms with Gasteiger partial charge in [0.15, 0.2) is 0 Å². The second kappa shape index (κ2) is 82.2. The van der Waals surface area contributed by atoms with Crippen LogP contribution in [0.2, 0.25) is 0 Å². The molecule has 3 N–H and O–H groups in total. The summed E-state index contributed by atoms with van der Waals surface area (Å²) in [5.41, 5.74) is 0. The second-order valence-corrected chi connectivity index (χ2v) is 29.2. The molecular formula is C87H165NO5. The molecule has 0 fully saturated rings. The Bertz CT molecular complexity index is 1550. The predicted octanol–water partition coefficient (Wildman–Crippen LogP) is 28.3. The van der Waals surface area contributed by atoms with E-state index < -0.39 is 12.1 Å². The minimum Gasteiger partial charge on any atom is -0.466 e. The second-order valence-electron chi connectivity index (χ2n) is 29.2. The van der Waals surface area contributed by atoms with Crippen LogP contribution in [0, 0.1) is 0 Å². The Hall–Kier alpha value is -2.18. The minimum absolute atomic E-state index is 0.00392. The van der Waals surface area contributed by atoms with Gasteiger partial charge in [-0.1, -0.05) is 416 Å². The highest BCUT2D eigenvalue weighted by atomic mass is 16.5. The van der Waals surface area contributed by atoms with Gasteiger partial charge in [-0.2, -0.15) is 0 Å². The monoisotopic (exact) mass is 1300 g/mol. The number of amides is 1. The van der Waals surface area contributed by atoms with Gasteiger partial charge in [0, 0.05) is 12.8 Å². The van der Waals surface area contributed by atoms with Crippen LogP contribution in [0.15, 0.2) is 48.6 Å². The van der Waals surface area contributed by atoms with Crippen LogP contribution in [0.25, 0.3) is 0 Å². The molecule has 548 valence electrons. The van der Waals surface area contributed by atoms with E-state index in [1.54, 1.807) is 0 Å². The molecule has 1 amide bonds. The van der Waals surface area contributed by atoms with Crippen LogP contribution < -0.4 is 5.32 Å². The Morgan fingerprint density at radius 2 is 0.538 bits per heavy atom. The highest BCUT2D eigenvalue weighted by Gasteiger charge is 2.20. The fourth-order valence-corrected chi connectivity index (χ4v) is 13.4. The van der Waals surface area contributed by atoms with E-state index in [2.05, 4.69) is 67.8 Å². The number of hydrogen-bond donors (Lipinski definition) is 3. The van der Waals surface area contributed by atoms with Gasteiger partial charge in [0.1, 0.15) is 0 Å². The van der Waals surface area contributed by atoms with Crippen molar-refractivity contribution >= 4 is 11.9 Å². The number of ether oxygens (including phenoxy) is 1. The first-order valence-electron chi connectivity index (χ1n) is 42.4. The number of hydrogen-bond acceptors (Lipinski definition) is 5. The quantitative estimate of drug-likeness (QED) is 0.0320. The molecule has 0 rings (SSSR count). The smallest absolute Gasteiger partial charge is 0.305 e. The maximum absolute atomic E-state index is 12.6. The number of esters is 1. The van der Waals surface area contributed by atoms with Crippen LogP contribution in [0.4, 0.5) is 0 Å². The largest absolute Gasteiger partial charge is 0.466 e. The Labute approximate surface area is 582 Å². The molecule has 0 heterocycles. The first-order valence-corrected chi connectivity index (χ1v) is 42.4. The Morgan fingerprint density at radius 1 is 0.301 bits per heavy atom. The summed E-state index contributed by atoms with van der Waals surface area (Å²) in [5.74, 6) is -0.0231. The number of aliphatic hydroxyl groups is 2.